The van der Waals surface area contributed by atoms with Crippen molar-refractivity contribution in [3.63, 3.8) is 0 Å². The molecule has 2 amide bonds. The van der Waals surface area contributed by atoms with Crippen molar-refractivity contribution in [2.24, 2.45) is 0 Å². The number of carbonyl (C=O) groups excluding carboxylic acids is 2. The van der Waals surface area contributed by atoms with E-state index in [0.29, 0.717) is 48.6 Å². The molecule has 0 saturated carbocycles. The lowest BCUT2D eigenvalue weighted by molar-refractivity contribution is -0.118. The summed E-state index contributed by atoms with van der Waals surface area (Å²) in [4.78, 5) is 37.4. The first-order chi connectivity index (χ1) is 19.4. The monoisotopic (exact) mass is 542 g/mol. The van der Waals surface area contributed by atoms with Gasteiger partial charge in [-0.05, 0) is 36.6 Å². The van der Waals surface area contributed by atoms with Crippen molar-refractivity contribution in [1.82, 2.24) is 19.7 Å². The minimum absolute atomic E-state index is 0.0420. The van der Waals surface area contributed by atoms with Crippen molar-refractivity contribution >= 4 is 23.2 Å². The van der Waals surface area contributed by atoms with Gasteiger partial charge in [0.2, 0.25) is 11.6 Å². The van der Waals surface area contributed by atoms with Crippen LogP contribution in [0.2, 0.25) is 0 Å². The third-order valence-corrected chi connectivity index (χ3v) is 7.29. The quantitative estimate of drug-likeness (QED) is 0.266. The highest BCUT2D eigenvalue weighted by Gasteiger charge is 2.37. The average Bonchev–Trinajstić information content (AvgIpc) is 3.57. The standard InChI is InChI=1S/C29H21F3N6O2/c1-33-23-6-2-4-17-12-26(39)37(28(17)23)19-7-10-36(11-8-19)29(40)24-15-25(18-5-3-9-34-16-18)38(35-24)20-13-21(30)27(32)22(31)14-20/h2-6,9,13-16,19H,7-8,10-12H2. The number of benzene rings is 2. The van der Waals surface area contributed by atoms with E-state index >= 15 is 0 Å². The van der Waals surface area contributed by atoms with E-state index in [4.69, 9.17) is 6.57 Å². The van der Waals surface area contributed by atoms with Crippen LogP contribution in [0.3, 0.4) is 0 Å². The molecule has 2 aromatic carbocycles. The molecule has 2 aliphatic rings. The smallest absolute Gasteiger partial charge is 0.274 e. The fourth-order valence-electron chi connectivity index (χ4n) is 5.40. The third-order valence-electron chi connectivity index (χ3n) is 7.29. The number of amides is 2. The molecule has 11 heteroatoms. The lowest BCUT2D eigenvalue weighted by Crippen LogP contribution is -2.48. The van der Waals surface area contributed by atoms with Gasteiger partial charge in [-0.25, -0.2) is 22.7 Å². The fraction of sp³-hybridized carbons (Fsp3) is 0.207. The van der Waals surface area contributed by atoms with Gasteiger partial charge in [-0.15, -0.1) is 0 Å². The molecule has 0 N–H and O–H groups in total. The number of hydrogen-bond acceptors (Lipinski definition) is 4. The van der Waals surface area contributed by atoms with Crippen LogP contribution in [0.1, 0.15) is 28.9 Å². The molecule has 4 aromatic rings. The Labute approximate surface area is 227 Å². The fourth-order valence-corrected chi connectivity index (χ4v) is 5.40. The van der Waals surface area contributed by atoms with Crippen molar-refractivity contribution in [1.29, 1.82) is 0 Å². The molecule has 0 spiro atoms. The molecule has 2 aromatic heterocycles. The Hall–Kier alpha value is -4.98. The van der Waals surface area contributed by atoms with Gasteiger partial charge in [-0.3, -0.25) is 14.6 Å². The molecule has 0 atom stereocenters. The maximum atomic E-state index is 14.1. The normalized spacial score (nSPS) is 15.3. The zero-order chi connectivity index (χ0) is 28.0. The summed E-state index contributed by atoms with van der Waals surface area (Å²) >= 11 is 0. The molecule has 1 saturated heterocycles. The Balaban J connectivity index is 1.27. The second-order valence-electron chi connectivity index (χ2n) is 9.65. The van der Waals surface area contributed by atoms with E-state index in [0.717, 1.165) is 17.7 Å². The van der Waals surface area contributed by atoms with Gasteiger partial charge in [-0.2, -0.15) is 5.10 Å². The summed E-state index contributed by atoms with van der Waals surface area (Å²) in [6, 6.07) is 11.7. The second-order valence-corrected chi connectivity index (χ2v) is 9.65. The number of anilines is 1. The van der Waals surface area contributed by atoms with E-state index in [1.54, 1.807) is 40.3 Å². The van der Waals surface area contributed by atoms with Crippen LogP contribution in [0.25, 0.3) is 21.8 Å². The number of aromatic nitrogens is 3. The molecule has 8 nitrogen and oxygen atoms in total. The summed E-state index contributed by atoms with van der Waals surface area (Å²) < 4.78 is 42.9. The molecule has 0 bridgehead atoms. The van der Waals surface area contributed by atoms with Gasteiger partial charge >= 0.3 is 0 Å². The van der Waals surface area contributed by atoms with E-state index in [2.05, 4.69) is 14.9 Å². The van der Waals surface area contributed by atoms with Crippen LogP contribution in [0.15, 0.2) is 60.9 Å². The molecular weight excluding hydrogens is 521 g/mol. The number of likely N-dealkylation sites (tertiary alicyclic amines) is 1. The van der Waals surface area contributed by atoms with Gasteiger partial charge in [0.05, 0.1) is 30.1 Å². The largest absolute Gasteiger partial charge is 0.337 e. The Morgan fingerprint density at radius 3 is 2.45 bits per heavy atom. The first kappa shape index (κ1) is 25.3. The van der Waals surface area contributed by atoms with E-state index in [9.17, 15) is 22.8 Å². The number of fused-ring (bicyclic) bond motifs is 1. The number of piperidine rings is 1. The molecule has 1 fully saturated rings. The number of pyridine rings is 1. The zero-order valence-electron chi connectivity index (χ0n) is 21.0. The average molecular weight is 543 g/mol. The number of para-hydroxylation sites is 1. The van der Waals surface area contributed by atoms with Crippen molar-refractivity contribution in [3.8, 4) is 16.9 Å². The highest BCUT2D eigenvalue weighted by molar-refractivity contribution is 6.05. The highest BCUT2D eigenvalue weighted by atomic mass is 19.2. The summed E-state index contributed by atoms with van der Waals surface area (Å²) in [5.74, 6) is -4.80. The van der Waals surface area contributed by atoms with E-state index in [-0.39, 0.29) is 35.7 Å². The summed E-state index contributed by atoms with van der Waals surface area (Å²) in [5.41, 5.74) is 2.77. The maximum absolute atomic E-state index is 14.1. The highest BCUT2D eigenvalue weighted by Crippen LogP contribution is 2.41. The minimum Gasteiger partial charge on any atom is -0.337 e. The van der Waals surface area contributed by atoms with Crippen LogP contribution in [-0.4, -0.2) is 50.6 Å². The topological polar surface area (TPSA) is 75.7 Å². The molecular formula is C29H21F3N6O2. The van der Waals surface area contributed by atoms with Gasteiger partial charge in [-0.1, -0.05) is 18.2 Å². The molecule has 0 unspecified atom stereocenters. The predicted octanol–water partition coefficient (Wildman–Crippen LogP) is 5.10. The van der Waals surface area contributed by atoms with Crippen molar-refractivity contribution < 1.29 is 22.8 Å². The van der Waals surface area contributed by atoms with Crippen molar-refractivity contribution in [2.75, 3.05) is 18.0 Å². The molecule has 0 radical (unpaired) electrons. The summed E-state index contributed by atoms with van der Waals surface area (Å²) in [5, 5.41) is 4.35. The van der Waals surface area contributed by atoms with Gasteiger partial charge < -0.3 is 9.80 Å². The van der Waals surface area contributed by atoms with E-state index in [1.165, 1.54) is 16.9 Å². The van der Waals surface area contributed by atoms with Crippen LogP contribution >= 0.6 is 0 Å². The molecule has 40 heavy (non-hydrogen) atoms. The lowest BCUT2D eigenvalue weighted by atomic mass is 10.0. The Kier molecular flexibility index (Phi) is 6.30. The van der Waals surface area contributed by atoms with Gasteiger partial charge in [0.1, 0.15) is 0 Å². The Morgan fingerprint density at radius 2 is 1.77 bits per heavy atom. The number of nitrogens with zero attached hydrogens (tertiary/aromatic N) is 6. The van der Waals surface area contributed by atoms with Crippen LogP contribution in [-0.2, 0) is 11.2 Å². The third kappa shape index (κ3) is 4.27. The number of hydrogen-bond donors (Lipinski definition) is 0. The predicted molar refractivity (Wildman–Crippen MR) is 139 cm³/mol. The molecule has 200 valence electrons. The molecule has 0 aliphatic carbocycles. The van der Waals surface area contributed by atoms with Crippen molar-refractivity contribution in [2.45, 2.75) is 25.3 Å². The van der Waals surface area contributed by atoms with Crippen LogP contribution in [0, 0.1) is 24.0 Å². The van der Waals surface area contributed by atoms with Crippen LogP contribution in [0.5, 0.6) is 0 Å². The second kappa shape index (κ2) is 9.96. The Morgan fingerprint density at radius 1 is 1.02 bits per heavy atom. The maximum Gasteiger partial charge on any atom is 0.274 e. The molecule has 4 heterocycles. The van der Waals surface area contributed by atoms with Gasteiger partial charge in [0.25, 0.3) is 5.91 Å². The van der Waals surface area contributed by atoms with E-state index < -0.39 is 17.5 Å². The number of rotatable bonds is 4. The zero-order valence-corrected chi connectivity index (χ0v) is 21.0. The van der Waals surface area contributed by atoms with Gasteiger partial charge in [0.15, 0.2) is 23.1 Å². The summed E-state index contributed by atoms with van der Waals surface area (Å²) in [6.07, 6.45) is 4.34. The SMILES string of the molecule is [C-]#[N+]c1cccc2c1N(C1CCN(C(=O)c3cc(-c4cccnc4)n(-c4cc(F)c(F)c(F)c4)n3)CC1)C(=O)C2. The van der Waals surface area contributed by atoms with Crippen LogP contribution < -0.4 is 4.90 Å². The molecule has 6 rings (SSSR count). The number of halogens is 3. The van der Waals surface area contributed by atoms with Crippen molar-refractivity contribution in [3.05, 3.63) is 101 Å². The first-order valence-electron chi connectivity index (χ1n) is 12.6. The lowest BCUT2D eigenvalue weighted by Gasteiger charge is -2.37. The first-order valence-corrected chi connectivity index (χ1v) is 12.6. The van der Waals surface area contributed by atoms with Crippen LogP contribution in [0.4, 0.5) is 24.5 Å². The molecule has 2 aliphatic heterocycles. The van der Waals surface area contributed by atoms with E-state index in [1.807, 2.05) is 6.07 Å². The Bertz CT molecular complexity index is 1670. The van der Waals surface area contributed by atoms with Gasteiger partial charge in [0, 0.05) is 49.2 Å². The summed E-state index contributed by atoms with van der Waals surface area (Å²) in [7, 11) is 0. The summed E-state index contributed by atoms with van der Waals surface area (Å²) in [6.45, 7) is 8.19. The minimum atomic E-state index is -1.60. The number of carbonyl (C=O) groups is 2.